The number of tetrazole rings is 1. The molecule has 0 bridgehead atoms. The number of nitrogens with zero attached hydrogens (tertiary/aromatic N) is 5. The molecule has 1 aromatic carbocycles. The second kappa shape index (κ2) is 6.98. The molecule has 0 saturated carbocycles. The topological polar surface area (TPSA) is 75.9 Å². The molecule has 2 aromatic rings. The minimum Gasteiger partial charge on any atom is -0.338 e. The van der Waals surface area contributed by atoms with Gasteiger partial charge in [0.05, 0.1) is 6.04 Å². The van der Waals surface area contributed by atoms with Crippen LogP contribution in [0.3, 0.4) is 0 Å². The van der Waals surface area contributed by atoms with Crippen LogP contribution in [0.1, 0.15) is 41.4 Å². The highest BCUT2D eigenvalue weighted by molar-refractivity contribution is 5.75. The summed E-state index contributed by atoms with van der Waals surface area (Å²) >= 11 is 0. The quantitative estimate of drug-likeness (QED) is 0.930. The summed E-state index contributed by atoms with van der Waals surface area (Å²) in [5.41, 5.74) is 3.80. The Labute approximate surface area is 142 Å². The summed E-state index contributed by atoms with van der Waals surface area (Å²) in [5, 5.41) is 14.3. The van der Waals surface area contributed by atoms with E-state index in [4.69, 9.17) is 0 Å². The van der Waals surface area contributed by atoms with Gasteiger partial charge in [-0.3, -0.25) is 0 Å². The Balaban J connectivity index is 1.64. The monoisotopic (exact) mass is 328 g/mol. The minimum atomic E-state index is -0.00437. The number of likely N-dealkylation sites (tertiary alicyclic amines) is 1. The number of aryl methyl sites for hydroxylation is 3. The average Bonchev–Trinajstić information content (AvgIpc) is 3.17. The number of aromatic nitrogens is 4. The Morgan fingerprint density at radius 1 is 1.33 bits per heavy atom. The van der Waals surface area contributed by atoms with Crippen molar-refractivity contribution in [2.24, 2.45) is 7.05 Å². The molecule has 1 aliphatic rings. The number of amides is 2. The molecule has 1 saturated heterocycles. The van der Waals surface area contributed by atoms with Gasteiger partial charge in [0.1, 0.15) is 0 Å². The Bertz CT molecular complexity index is 705. The van der Waals surface area contributed by atoms with Crippen LogP contribution in [0, 0.1) is 13.8 Å². The number of rotatable bonds is 4. The smallest absolute Gasteiger partial charge is 0.317 e. The number of nitrogens with one attached hydrogen (secondary N) is 1. The van der Waals surface area contributed by atoms with Crippen molar-refractivity contribution in [3.8, 4) is 0 Å². The lowest BCUT2D eigenvalue weighted by molar-refractivity contribution is 0.193. The van der Waals surface area contributed by atoms with Crippen LogP contribution < -0.4 is 5.32 Å². The lowest BCUT2D eigenvalue weighted by Crippen LogP contribution is -2.40. The molecule has 1 aliphatic heterocycles. The largest absolute Gasteiger partial charge is 0.338 e. The van der Waals surface area contributed by atoms with Gasteiger partial charge in [0.15, 0.2) is 5.82 Å². The molecule has 1 atom stereocenters. The van der Waals surface area contributed by atoms with Crippen LogP contribution in [0.25, 0.3) is 0 Å². The van der Waals surface area contributed by atoms with Crippen LogP contribution in [-0.2, 0) is 13.5 Å². The molecule has 2 amide bonds. The van der Waals surface area contributed by atoms with Gasteiger partial charge in [-0.25, -0.2) is 9.48 Å². The Morgan fingerprint density at radius 3 is 2.75 bits per heavy atom. The number of hydrogen-bond donors (Lipinski definition) is 1. The summed E-state index contributed by atoms with van der Waals surface area (Å²) in [6.45, 7) is 5.58. The Morgan fingerprint density at radius 2 is 2.08 bits per heavy atom. The summed E-state index contributed by atoms with van der Waals surface area (Å²) in [5.74, 6) is 0.767. The maximum atomic E-state index is 12.6. The van der Waals surface area contributed by atoms with E-state index in [2.05, 4.69) is 52.9 Å². The molecule has 7 heteroatoms. The molecule has 7 nitrogen and oxygen atoms in total. The highest BCUT2D eigenvalue weighted by atomic mass is 16.2. The van der Waals surface area contributed by atoms with Crippen molar-refractivity contribution in [3.05, 3.63) is 40.7 Å². The fraction of sp³-hybridized carbons (Fsp3) is 0.529. The van der Waals surface area contributed by atoms with E-state index < -0.39 is 0 Å². The minimum absolute atomic E-state index is 0.00437. The molecular formula is C17H24N6O. The molecule has 1 N–H and O–H groups in total. The molecule has 1 fully saturated rings. The average molecular weight is 328 g/mol. The zero-order valence-corrected chi connectivity index (χ0v) is 14.5. The number of hydrogen-bond acceptors (Lipinski definition) is 4. The lowest BCUT2D eigenvalue weighted by atomic mass is 9.94. The molecule has 0 aliphatic carbocycles. The molecule has 24 heavy (non-hydrogen) atoms. The second-order valence-electron chi connectivity index (χ2n) is 6.36. The number of carbonyl (C=O) groups is 1. The van der Waals surface area contributed by atoms with E-state index in [-0.39, 0.29) is 12.1 Å². The van der Waals surface area contributed by atoms with Gasteiger partial charge >= 0.3 is 6.03 Å². The van der Waals surface area contributed by atoms with E-state index in [1.165, 1.54) is 16.7 Å². The third kappa shape index (κ3) is 3.25. The van der Waals surface area contributed by atoms with Crippen molar-refractivity contribution >= 4 is 6.03 Å². The van der Waals surface area contributed by atoms with Gasteiger partial charge in [0, 0.05) is 26.6 Å². The zero-order valence-electron chi connectivity index (χ0n) is 14.5. The van der Waals surface area contributed by atoms with E-state index in [0.717, 1.165) is 25.2 Å². The van der Waals surface area contributed by atoms with Crippen molar-refractivity contribution in [1.82, 2.24) is 30.4 Å². The Hall–Kier alpha value is -2.44. The maximum absolute atomic E-state index is 12.6. The molecule has 1 unspecified atom stereocenters. The van der Waals surface area contributed by atoms with E-state index in [0.29, 0.717) is 13.0 Å². The van der Waals surface area contributed by atoms with Crippen LogP contribution in [-0.4, -0.2) is 44.2 Å². The predicted molar refractivity (Wildman–Crippen MR) is 90.5 cm³/mol. The SMILES string of the molecule is Cc1cccc(C)c1C1CCCN1C(=O)NCCc1nnnn1C. The first-order valence-corrected chi connectivity index (χ1v) is 8.39. The van der Waals surface area contributed by atoms with E-state index in [1.807, 2.05) is 4.90 Å². The summed E-state index contributed by atoms with van der Waals surface area (Å²) < 4.78 is 1.63. The third-order valence-electron chi connectivity index (χ3n) is 4.72. The van der Waals surface area contributed by atoms with Gasteiger partial charge in [-0.1, -0.05) is 18.2 Å². The van der Waals surface area contributed by atoms with E-state index >= 15 is 0 Å². The predicted octanol–water partition coefficient (Wildman–Crippen LogP) is 1.92. The van der Waals surface area contributed by atoms with E-state index in [9.17, 15) is 4.79 Å². The van der Waals surface area contributed by atoms with Crippen LogP contribution in [0.5, 0.6) is 0 Å². The molecule has 128 valence electrons. The van der Waals surface area contributed by atoms with Crippen molar-refractivity contribution in [2.45, 2.75) is 39.2 Å². The standard InChI is InChI=1S/C17H24N6O/c1-12-6-4-7-13(2)16(12)14-8-5-11-23(14)17(24)18-10-9-15-19-20-21-22(15)3/h4,6-7,14H,5,8-11H2,1-3H3,(H,18,24). The van der Waals surface area contributed by atoms with Crippen LogP contribution in [0.2, 0.25) is 0 Å². The molecular weight excluding hydrogens is 304 g/mol. The van der Waals surface area contributed by atoms with Crippen LogP contribution in [0.4, 0.5) is 4.79 Å². The Kier molecular flexibility index (Phi) is 4.78. The van der Waals surface area contributed by atoms with Gasteiger partial charge in [0.2, 0.25) is 0 Å². The second-order valence-corrected chi connectivity index (χ2v) is 6.36. The maximum Gasteiger partial charge on any atom is 0.317 e. The fourth-order valence-corrected chi connectivity index (χ4v) is 3.51. The first-order valence-electron chi connectivity index (χ1n) is 8.39. The summed E-state index contributed by atoms with van der Waals surface area (Å²) in [4.78, 5) is 14.6. The first kappa shape index (κ1) is 16.4. The van der Waals surface area contributed by atoms with Gasteiger partial charge in [0.25, 0.3) is 0 Å². The van der Waals surface area contributed by atoms with Gasteiger partial charge in [-0.15, -0.1) is 5.10 Å². The summed E-state index contributed by atoms with van der Waals surface area (Å²) in [7, 11) is 1.80. The highest BCUT2D eigenvalue weighted by Gasteiger charge is 2.31. The summed E-state index contributed by atoms with van der Waals surface area (Å²) in [6.07, 6.45) is 2.68. The molecule has 2 heterocycles. The third-order valence-corrected chi connectivity index (χ3v) is 4.72. The molecule has 1 aromatic heterocycles. The summed E-state index contributed by atoms with van der Waals surface area (Å²) in [6, 6.07) is 6.48. The van der Waals surface area contributed by atoms with E-state index in [1.54, 1.807) is 11.7 Å². The number of carbonyl (C=O) groups excluding carboxylic acids is 1. The number of urea groups is 1. The number of benzene rings is 1. The van der Waals surface area contributed by atoms with Gasteiger partial charge in [-0.05, 0) is 53.8 Å². The lowest BCUT2D eigenvalue weighted by Gasteiger charge is -2.27. The van der Waals surface area contributed by atoms with Crippen LogP contribution in [0.15, 0.2) is 18.2 Å². The van der Waals surface area contributed by atoms with Crippen molar-refractivity contribution in [3.63, 3.8) is 0 Å². The van der Waals surface area contributed by atoms with Crippen LogP contribution >= 0.6 is 0 Å². The normalized spacial score (nSPS) is 17.3. The molecule has 0 spiro atoms. The van der Waals surface area contributed by atoms with Gasteiger partial charge < -0.3 is 10.2 Å². The van der Waals surface area contributed by atoms with Crippen molar-refractivity contribution < 1.29 is 4.79 Å². The molecule has 3 rings (SSSR count). The highest BCUT2D eigenvalue weighted by Crippen LogP contribution is 2.35. The van der Waals surface area contributed by atoms with Gasteiger partial charge in [-0.2, -0.15) is 0 Å². The molecule has 0 radical (unpaired) electrons. The fourth-order valence-electron chi connectivity index (χ4n) is 3.51. The zero-order chi connectivity index (χ0) is 17.1. The van der Waals surface area contributed by atoms with Crippen molar-refractivity contribution in [2.75, 3.05) is 13.1 Å². The first-order chi connectivity index (χ1) is 11.6. The van der Waals surface area contributed by atoms with Crippen molar-refractivity contribution in [1.29, 1.82) is 0 Å².